The van der Waals surface area contributed by atoms with Crippen LogP contribution in [0.2, 0.25) is 0 Å². The summed E-state index contributed by atoms with van der Waals surface area (Å²) in [5, 5.41) is 2.43. The number of carbonyl (C=O) groups is 1. The first-order valence-electron chi connectivity index (χ1n) is 4.91. The Hall–Kier alpha value is -1.58. The van der Waals surface area contributed by atoms with Crippen molar-refractivity contribution < 1.29 is 13.9 Å². The lowest BCUT2D eigenvalue weighted by Gasteiger charge is -2.07. The fourth-order valence-electron chi connectivity index (χ4n) is 1.13. The van der Waals surface area contributed by atoms with Gasteiger partial charge in [-0.15, -0.1) is 0 Å². The number of ether oxygens (including phenoxy) is 1. The van der Waals surface area contributed by atoms with E-state index in [1.165, 1.54) is 12.1 Å². The molecule has 0 radical (unpaired) electrons. The Morgan fingerprint density at radius 1 is 1.47 bits per heavy atom. The van der Waals surface area contributed by atoms with Gasteiger partial charge < -0.3 is 10.1 Å². The lowest BCUT2D eigenvalue weighted by molar-refractivity contribution is 0.199. The van der Waals surface area contributed by atoms with E-state index in [-0.39, 0.29) is 5.75 Å². The number of aryl methyl sites for hydroxylation is 1. The second-order valence-corrected chi connectivity index (χ2v) is 3.04. The SMILES string of the molecule is CCNC(=O)Oc1cc(CC)ccc1F. The molecule has 15 heavy (non-hydrogen) atoms. The Labute approximate surface area is 88.2 Å². The van der Waals surface area contributed by atoms with Crippen molar-refractivity contribution >= 4 is 6.09 Å². The number of hydrogen-bond acceptors (Lipinski definition) is 2. The number of hydrogen-bond donors (Lipinski definition) is 1. The highest BCUT2D eigenvalue weighted by Crippen LogP contribution is 2.19. The van der Waals surface area contributed by atoms with E-state index in [1.54, 1.807) is 13.0 Å². The Bertz CT molecular complexity index is 352. The van der Waals surface area contributed by atoms with Crippen LogP contribution in [0.5, 0.6) is 5.75 Å². The van der Waals surface area contributed by atoms with Crippen molar-refractivity contribution in [2.75, 3.05) is 6.54 Å². The van der Waals surface area contributed by atoms with Gasteiger partial charge in [-0.3, -0.25) is 0 Å². The summed E-state index contributed by atoms with van der Waals surface area (Å²) in [4.78, 5) is 11.1. The third-order valence-electron chi connectivity index (χ3n) is 1.93. The summed E-state index contributed by atoms with van der Waals surface area (Å²) in [7, 11) is 0. The van der Waals surface area contributed by atoms with Crippen LogP contribution in [0.4, 0.5) is 9.18 Å². The second-order valence-electron chi connectivity index (χ2n) is 3.04. The van der Waals surface area contributed by atoms with Crippen molar-refractivity contribution in [3.05, 3.63) is 29.6 Å². The average molecular weight is 211 g/mol. The molecule has 0 bridgehead atoms. The van der Waals surface area contributed by atoms with Crippen LogP contribution in [0, 0.1) is 5.82 Å². The minimum Gasteiger partial charge on any atom is -0.407 e. The van der Waals surface area contributed by atoms with Gasteiger partial charge in [0.25, 0.3) is 0 Å². The fraction of sp³-hybridized carbons (Fsp3) is 0.364. The lowest BCUT2D eigenvalue weighted by atomic mass is 10.1. The molecule has 0 aliphatic carbocycles. The summed E-state index contributed by atoms with van der Waals surface area (Å²) in [5.74, 6) is -0.557. The van der Waals surface area contributed by atoms with E-state index in [0.29, 0.717) is 6.54 Å². The van der Waals surface area contributed by atoms with Crippen molar-refractivity contribution in [1.29, 1.82) is 0 Å². The van der Waals surface area contributed by atoms with Gasteiger partial charge in [0.15, 0.2) is 11.6 Å². The first-order chi connectivity index (χ1) is 7.17. The smallest absolute Gasteiger partial charge is 0.407 e. The zero-order valence-electron chi connectivity index (χ0n) is 8.84. The van der Waals surface area contributed by atoms with Crippen molar-refractivity contribution in [3.8, 4) is 5.75 Å². The van der Waals surface area contributed by atoms with E-state index < -0.39 is 11.9 Å². The maximum absolute atomic E-state index is 13.2. The topological polar surface area (TPSA) is 38.3 Å². The van der Waals surface area contributed by atoms with Gasteiger partial charge in [-0.2, -0.15) is 0 Å². The van der Waals surface area contributed by atoms with Crippen molar-refractivity contribution in [3.63, 3.8) is 0 Å². The molecule has 1 aromatic rings. The molecule has 4 heteroatoms. The van der Waals surface area contributed by atoms with Crippen LogP contribution < -0.4 is 10.1 Å². The zero-order valence-corrected chi connectivity index (χ0v) is 8.84. The molecule has 0 saturated heterocycles. The van der Waals surface area contributed by atoms with Crippen LogP contribution in [0.25, 0.3) is 0 Å². The molecule has 0 aliphatic rings. The molecule has 0 spiro atoms. The predicted molar refractivity (Wildman–Crippen MR) is 55.5 cm³/mol. The van der Waals surface area contributed by atoms with Gasteiger partial charge >= 0.3 is 6.09 Å². The van der Waals surface area contributed by atoms with E-state index in [4.69, 9.17) is 4.74 Å². The quantitative estimate of drug-likeness (QED) is 0.834. The maximum Gasteiger partial charge on any atom is 0.412 e. The molecule has 1 aromatic carbocycles. The summed E-state index contributed by atoms with van der Waals surface area (Å²) >= 11 is 0. The molecule has 0 aliphatic heterocycles. The Balaban J connectivity index is 2.79. The third-order valence-corrected chi connectivity index (χ3v) is 1.93. The molecule has 82 valence electrons. The molecule has 0 heterocycles. The first kappa shape index (κ1) is 11.5. The van der Waals surface area contributed by atoms with Crippen LogP contribution in [0.1, 0.15) is 19.4 Å². The van der Waals surface area contributed by atoms with Crippen LogP contribution in [0.15, 0.2) is 18.2 Å². The summed E-state index contributed by atoms with van der Waals surface area (Å²) in [6.07, 6.45) is 0.135. The molecule has 1 amide bonds. The van der Waals surface area contributed by atoms with Crippen LogP contribution >= 0.6 is 0 Å². The number of amides is 1. The van der Waals surface area contributed by atoms with Crippen molar-refractivity contribution in [2.24, 2.45) is 0 Å². The molecule has 3 nitrogen and oxygen atoms in total. The van der Waals surface area contributed by atoms with Gasteiger partial charge in [0.1, 0.15) is 0 Å². The first-order valence-corrected chi connectivity index (χ1v) is 4.91. The van der Waals surface area contributed by atoms with E-state index in [1.807, 2.05) is 6.92 Å². The highest BCUT2D eigenvalue weighted by molar-refractivity contribution is 5.70. The van der Waals surface area contributed by atoms with E-state index in [0.717, 1.165) is 12.0 Å². The largest absolute Gasteiger partial charge is 0.412 e. The lowest BCUT2D eigenvalue weighted by Crippen LogP contribution is -2.26. The molecular weight excluding hydrogens is 197 g/mol. The van der Waals surface area contributed by atoms with Gasteiger partial charge in [-0.25, -0.2) is 9.18 Å². The Morgan fingerprint density at radius 2 is 2.20 bits per heavy atom. The van der Waals surface area contributed by atoms with Crippen LogP contribution in [-0.4, -0.2) is 12.6 Å². The Morgan fingerprint density at radius 3 is 2.80 bits per heavy atom. The molecule has 0 fully saturated rings. The number of benzene rings is 1. The monoisotopic (exact) mass is 211 g/mol. The highest BCUT2D eigenvalue weighted by atomic mass is 19.1. The highest BCUT2D eigenvalue weighted by Gasteiger charge is 2.08. The van der Waals surface area contributed by atoms with Gasteiger partial charge in [-0.05, 0) is 31.0 Å². The molecule has 1 N–H and O–H groups in total. The van der Waals surface area contributed by atoms with E-state index in [9.17, 15) is 9.18 Å². The second kappa shape index (κ2) is 5.34. The summed E-state index contributed by atoms with van der Waals surface area (Å²) in [6, 6.07) is 4.50. The Kier molecular flexibility index (Phi) is 4.09. The zero-order chi connectivity index (χ0) is 11.3. The number of rotatable bonds is 3. The van der Waals surface area contributed by atoms with Gasteiger partial charge in [-0.1, -0.05) is 13.0 Å². The summed E-state index contributed by atoms with van der Waals surface area (Å²) in [5.41, 5.74) is 0.927. The van der Waals surface area contributed by atoms with Gasteiger partial charge in [0.2, 0.25) is 0 Å². The number of carbonyl (C=O) groups excluding carboxylic acids is 1. The molecular formula is C11H14FNO2. The van der Waals surface area contributed by atoms with E-state index >= 15 is 0 Å². The molecule has 0 aromatic heterocycles. The van der Waals surface area contributed by atoms with Crippen LogP contribution in [0.3, 0.4) is 0 Å². The maximum atomic E-state index is 13.2. The average Bonchev–Trinajstić information content (AvgIpc) is 2.21. The minimum absolute atomic E-state index is 0.0275. The number of nitrogens with one attached hydrogen (secondary N) is 1. The molecule has 0 unspecified atom stereocenters. The van der Waals surface area contributed by atoms with Gasteiger partial charge in [0.05, 0.1) is 0 Å². The number of halogens is 1. The third kappa shape index (κ3) is 3.23. The van der Waals surface area contributed by atoms with Gasteiger partial charge in [0, 0.05) is 6.54 Å². The van der Waals surface area contributed by atoms with E-state index in [2.05, 4.69) is 5.32 Å². The van der Waals surface area contributed by atoms with Crippen LogP contribution in [-0.2, 0) is 6.42 Å². The molecule has 0 saturated carbocycles. The molecule has 0 atom stereocenters. The summed E-state index contributed by atoms with van der Waals surface area (Å²) in [6.45, 7) is 4.16. The van der Waals surface area contributed by atoms with Crippen molar-refractivity contribution in [2.45, 2.75) is 20.3 Å². The standard InChI is InChI=1S/C11H14FNO2/c1-3-8-5-6-9(12)10(7-8)15-11(14)13-4-2/h5-7H,3-4H2,1-2H3,(H,13,14). The fourth-order valence-corrected chi connectivity index (χ4v) is 1.13. The van der Waals surface area contributed by atoms with Crippen molar-refractivity contribution in [1.82, 2.24) is 5.32 Å². The summed E-state index contributed by atoms with van der Waals surface area (Å²) < 4.78 is 18.0. The molecule has 1 rings (SSSR count). The predicted octanol–water partition coefficient (Wildman–Crippen LogP) is 2.50. The minimum atomic E-state index is -0.635. The normalized spacial score (nSPS) is 9.80.